The minimum atomic E-state index is -4.57. The molecule has 0 bridgehead atoms. The van der Waals surface area contributed by atoms with Crippen LogP contribution in [0.5, 0.6) is 0 Å². The molecule has 1 aliphatic heterocycles. The van der Waals surface area contributed by atoms with Gasteiger partial charge in [0.25, 0.3) is 5.91 Å². The number of halogens is 4. The van der Waals surface area contributed by atoms with E-state index in [2.05, 4.69) is 21.6 Å². The third-order valence-corrected chi connectivity index (χ3v) is 6.08. The molecule has 0 spiro atoms. The van der Waals surface area contributed by atoms with Crippen molar-refractivity contribution < 1.29 is 22.4 Å². The van der Waals surface area contributed by atoms with E-state index in [-0.39, 0.29) is 25.2 Å². The monoisotopic (exact) mass is 499 g/mol. The number of amides is 1. The van der Waals surface area contributed by atoms with Crippen LogP contribution in [-0.2, 0) is 11.0 Å². The van der Waals surface area contributed by atoms with Gasteiger partial charge in [-0.2, -0.15) is 23.4 Å². The van der Waals surface area contributed by atoms with E-state index in [0.717, 1.165) is 23.4 Å². The van der Waals surface area contributed by atoms with Gasteiger partial charge in [-0.3, -0.25) is 24.1 Å². The third kappa shape index (κ3) is 4.01. The Morgan fingerprint density at radius 1 is 1.11 bits per heavy atom. The molecule has 1 amide bonds. The normalized spacial score (nSPS) is 14.5. The van der Waals surface area contributed by atoms with Crippen molar-refractivity contribution in [2.45, 2.75) is 32.1 Å². The molecule has 4 aromatic rings. The topological polar surface area (TPSA) is 81.7 Å². The molecule has 0 atom stereocenters. The van der Waals surface area contributed by atoms with Crippen LogP contribution in [0.25, 0.3) is 33.4 Å². The van der Waals surface area contributed by atoms with Gasteiger partial charge in [-0.15, -0.1) is 0 Å². The second kappa shape index (κ2) is 8.54. The number of fused-ring (bicyclic) bond motifs is 1. The van der Waals surface area contributed by atoms with Crippen LogP contribution in [0.3, 0.4) is 0 Å². The average Bonchev–Trinajstić information content (AvgIpc) is 3.43. The van der Waals surface area contributed by atoms with Crippen LogP contribution in [0.1, 0.15) is 31.6 Å². The minimum absolute atomic E-state index is 0.134. The average molecular weight is 499 g/mol. The maximum Gasteiger partial charge on any atom is 0.433 e. The zero-order valence-corrected chi connectivity index (χ0v) is 19.4. The summed E-state index contributed by atoms with van der Waals surface area (Å²) >= 11 is 0. The molecule has 1 saturated heterocycles. The maximum absolute atomic E-state index is 13.3. The first-order valence-corrected chi connectivity index (χ1v) is 11.1. The largest absolute Gasteiger partial charge is 0.433 e. The summed E-state index contributed by atoms with van der Waals surface area (Å²) in [5.41, 5.74) is 2.37. The Kier molecular flexibility index (Phi) is 5.61. The number of hydrogen-bond donors (Lipinski definition) is 0. The van der Waals surface area contributed by atoms with Crippen molar-refractivity contribution >= 4 is 16.9 Å². The van der Waals surface area contributed by atoms with Crippen LogP contribution < -0.4 is 0 Å². The van der Waals surface area contributed by atoms with Crippen molar-refractivity contribution in [2.75, 3.05) is 13.1 Å². The summed E-state index contributed by atoms with van der Waals surface area (Å²) in [6.45, 7) is 7.45. The van der Waals surface area contributed by atoms with E-state index in [1.54, 1.807) is 21.8 Å². The highest BCUT2D eigenvalue weighted by Crippen LogP contribution is 2.37. The molecule has 5 heterocycles. The van der Waals surface area contributed by atoms with Gasteiger partial charge in [-0.05, 0) is 32.0 Å². The van der Waals surface area contributed by atoms with Crippen molar-refractivity contribution in [3.05, 3.63) is 61.1 Å². The van der Waals surface area contributed by atoms with Crippen LogP contribution in [0.15, 0.2) is 55.4 Å². The van der Waals surface area contributed by atoms with Crippen molar-refractivity contribution in [1.29, 1.82) is 0 Å². The molecule has 0 N–H and O–H groups in total. The molecule has 0 unspecified atom stereocenters. The first kappa shape index (κ1) is 23.6. The van der Waals surface area contributed by atoms with E-state index < -0.39 is 23.6 Å². The summed E-state index contributed by atoms with van der Waals surface area (Å²) in [6.07, 6.45) is 1.75. The van der Waals surface area contributed by atoms with E-state index in [1.165, 1.54) is 11.0 Å². The van der Waals surface area contributed by atoms with E-state index in [4.69, 9.17) is 5.10 Å². The fourth-order valence-electron chi connectivity index (χ4n) is 4.16. The van der Waals surface area contributed by atoms with Crippen molar-refractivity contribution in [3.63, 3.8) is 0 Å². The molecule has 12 heteroatoms. The van der Waals surface area contributed by atoms with E-state index in [0.29, 0.717) is 22.3 Å². The number of aromatic nitrogens is 6. The van der Waals surface area contributed by atoms with E-state index in [9.17, 15) is 22.4 Å². The zero-order valence-electron chi connectivity index (χ0n) is 19.4. The van der Waals surface area contributed by atoms with Gasteiger partial charge in [0.1, 0.15) is 16.9 Å². The first-order chi connectivity index (χ1) is 17.0. The quantitative estimate of drug-likeness (QED) is 0.290. The summed E-state index contributed by atoms with van der Waals surface area (Å²) in [4.78, 5) is 21.3. The Bertz CT molecular complexity index is 1460. The molecule has 0 aliphatic carbocycles. The molecule has 4 aromatic heterocycles. The molecule has 186 valence electrons. The second-order valence-corrected chi connectivity index (χ2v) is 8.85. The molecular formula is C24H21F4N7O. The number of carbonyl (C=O) groups excluding carboxylic acids is 1. The summed E-state index contributed by atoms with van der Waals surface area (Å²) in [7, 11) is 0. The maximum atomic E-state index is 13.3. The molecule has 5 rings (SSSR count). The number of pyridine rings is 2. The van der Waals surface area contributed by atoms with Crippen LogP contribution in [0.4, 0.5) is 17.6 Å². The Morgan fingerprint density at radius 3 is 2.44 bits per heavy atom. The van der Waals surface area contributed by atoms with Gasteiger partial charge in [-0.1, -0.05) is 6.58 Å². The van der Waals surface area contributed by atoms with Gasteiger partial charge in [-0.25, -0.2) is 4.39 Å². The van der Waals surface area contributed by atoms with Crippen LogP contribution in [-0.4, -0.2) is 53.4 Å². The number of rotatable bonds is 5. The summed E-state index contributed by atoms with van der Waals surface area (Å²) in [6, 6.07) is 3.84. The van der Waals surface area contributed by atoms with E-state index in [1.807, 2.05) is 26.1 Å². The lowest BCUT2D eigenvalue weighted by molar-refractivity contribution is -0.141. The molecule has 1 fully saturated rings. The Labute approximate surface area is 202 Å². The molecule has 0 radical (unpaired) electrons. The first-order valence-electron chi connectivity index (χ1n) is 11.1. The second-order valence-electron chi connectivity index (χ2n) is 8.85. The summed E-state index contributed by atoms with van der Waals surface area (Å²) < 4.78 is 55.9. The fourth-order valence-corrected chi connectivity index (χ4v) is 4.16. The number of alkyl halides is 3. The fraction of sp³-hybridized carbons (Fsp3) is 0.292. The van der Waals surface area contributed by atoms with Crippen molar-refractivity contribution in [3.8, 4) is 22.4 Å². The molecule has 1 aliphatic rings. The zero-order chi connectivity index (χ0) is 25.8. The molecule has 0 aromatic carbocycles. The Balaban J connectivity index is 1.63. The van der Waals surface area contributed by atoms with Gasteiger partial charge >= 0.3 is 6.18 Å². The van der Waals surface area contributed by atoms with Gasteiger partial charge in [0.05, 0.1) is 17.8 Å². The predicted molar refractivity (Wildman–Crippen MR) is 123 cm³/mol. The molecule has 0 saturated carbocycles. The van der Waals surface area contributed by atoms with Gasteiger partial charge in [0.2, 0.25) is 0 Å². The summed E-state index contributed by atoms with van der Waals surface area (Å²) in [5, 5.41) is 9.10. The third-order valence-electron chi connectivity index (χ3n) is 6.08. The Morgan fingerprint density at radius 2 is 1.86 bits per heavy atom. The lowest BCUT2D eigenvalue weighted by Gasteiger charge is -2.39. The number of carbonyl (C=O) groups is 1. The summed E-state index contributed by atoms with van der Waals surface area (Å²) in [5.74, 6) is -1.83. The van der Waals surface area contributed by atoms with Crippen LogP contribution >= 0.6 is 0 Å². The molecule has 8 nitrogen and oxygen atoms in total. The van der Waals surface area contributed by atoms with Gasteiger partial charge in [0.15, 0.2) is 5.83 Å². The smallest absolute Gasteiger partial charge is 0.332 e. The van der Waals surface area contributed by atoms with Crippen molar-refractivity contribution in [2.24, 2.45) is 0 Å². The SMILES string of the molecule is C=C(F)C(=O)N1CC(n2nc(-c3ccc(C(F)(F)F)nc3)c3nccc(-c4cnn(C(C)C)c4)c32)C1. The van der Waals surface area contributed by atoms with Crippen LogP contribution in [0.2, 0.25) is 0 Å². The lowest BCUT2D eigenvalue weighted by Crippen LogP contribution is -2.51. The Hall–Kier alpha value is -4.09. The molecule has 36 heavy (non-hydrogen) atoms. The number of nitrogens with zero attached hydrogens (tertiary/aromatic N) is 7. The van der Waals surface area contributed by atoms with Gasteiger partial charge < -0.3 is 4.90 Å². The molecular weight excluding hydrogens is 478 g/mol. The highest BCUT2D eigenvalue weighted by molar-refractivity contribution is 5.99. The highest BCUT2D eigenvalue weighted by atomic mass is 19.4. The lowest BCUT2D eigenvalue weighted by atomic mass is 10.1. The van der Waals surface area contributed by atoms with Gasteiger partial charge in [0, 0.05) is 54.4 Å². The number of likely N-dealkylation sites (tertiary alicyclic amines) is 1. The highest BCUT2D eigenvalue weighted by Gasteiger charge is 2.36. The van der Waals surface area contributed by atoms with Crippen LogP contribution in [0, 0.1) is 0 Å². The van der Waals surface area contributed by atoms with E-state index >= 15 is 0 Å². The minimum Gasteiger partial charge on any atom is -0.332 e. The predicted octanol–water partition coefficient (Wildman–Crippen LogP) is 4.82. The standard InChI is InChI=1S/C24H21F4N7O/c1-13(2)34-10-16(9-31-34)18-6-7-29-21-20(15-4-5-19(30-8-15)24(26,27)28)32-35(22(18)21)17-11-33(12-17)23(36)14(3)25/h4-10,13,17H,3,11-12H2,1-2H3. The van der Waals surface area contributed by atoms with Crippen molar-refractivity contribution in [1.82, 2.24) is 34.4 Å². The number of hydrogen-bond acceptors (Lipinski definition) is 5.